The highest BCUT2D eigenvalue weighted by molar-refractivity contribution is 7.00. The number of hydrogen-bond acceptors (Lipinski definition) is 2. The van der Waals surface area contributed by atoms with Crippen LogP contribution in [-0.2, 0) is 5.41 Å². The van der Waals surface area contributed by atoms with Crippen molar-refractivity contribution in [3.8, 4) is 77.9 Å². The second-order valence-corrected chi connectivity index (χ2v) is 23.8. The maximum absolute atomic E-state index is 15.6. The molecule has 2 nitrogen and oxygen atoms in total. The Morgan fingerprint density at radius 1 is 0.244 bits per heavy atom. The first-order chi connectivity index (χ1) is 44.4. The zero-order chi connectivity index (χ0) is 59.9. The van der Waals surface area contributed by atoms with Crippen LogP contribution in [0.15, 0.2) is 334 Å². The molecule has 0 aromatic heterocycles. The quantitative estimate of drug-likeness (QED) is 0.126. The van der Waals surface area contributed by atoms with Crippen molar-refractivity contribution in [2.24, 2.45) is 0 Å². The van der Waals surface area contributed by atoms with Crippen LogP contribution in [0.5, 0.6) is 0 Å². The summed E-state index contributed by atoms with van der Waals surface area (Å²) in [6.07, 6.45) is 0. The number of fused-ring (bicyclic) bond motifs is 7. The maximum Gasteiger partial charge on any atom is 0.252 e. The second kappa shape index (κ2) is 21.5. The molecule has 0 bridgehead atoms. The van der Waals surface area contributed by atoms with Crippen molar-refractivity contribution in [2.45, 2.75) is 5.41 Å². The molecule has 90 heavy (non-hydrogen) atoms. The van der Waals surface area contributed by atoms with E-state index >= 15 is 8.78 Å². The molecule has 0 saturated heterocycles. The average Bonchev–Trinajstić information content (AvgIpc) is 1.16. The monoisotopic (exact) mass is 1150 g/mol. The topological polar surface area (TPSA) is 6.48 Å². The predicted octanol–water partition coefficient (Wildman–Crippen LogP) is 20.4. The summed E-state index contributed by atoms with van der Waals surface area (Å²) in [4.78, 5) is 5.03. The van der Waals surface area contributed by atoms with Crippen molar-refractivity contribution in [1.82, 2.24) is 0 Å². The second-order valence-electron chi connectivity index (χ2n) is 23.8. The highest BCUT2D eigenvalue weighted by Gasteiger charge is 2.50. The smallest absolute Gasteiger partial charge is 0.252 e. The van der Waals surface area contributed by atoms with E-state index in [9.17, 15) is 0 Å². The standard InChI is InChI=1S/C85H55BF2N2/c87-70-34-20-30-60(46-70)62-40-42-80-78(52-62)86-79-53-63(61-31-21-35-71(88)47-61)41-43-81(79)90(73-50-66(58-26-10-3-11-27-58)45-67(51-73)59-28-12-4-13-29-59)83-55-69(85(68-32-14-5-15-33-68)76-38-18-16-36-74(76)75-37-17-19-39-77(75)85)54-82(84(83)86)89(80)72-48-64(56-22-6-1-7-23-56)44-65(49-72)57-24-8-2-9-25-57/h1-55H. The van der Waals surface area contributed by atoms with E-state index in [0.717, 1.165) is 128 Å². The van der Waals surface area contributed by atoms with Crippen molar-refractivity contribution < 1.29 is 8.78 Å². The van der Waals surface area contributed by atoms with Crippen molar-refractivity contribution in [2.75, 3.05) is 9.80 Å². The van der Waals surface area contributed by atoms with E-state index in [4.69, 9.17) is 0 Å². The number of anilines is 6. The van der Waals surface area contributed by atoms with E-state index in [2.05, 4.69) is 295 Å². The zero-order valence-corrected chi connectivity index (χ0v) is 49.0. The van der Waals surface area contributed by atoms with Gasteiger partial charge in [0, 0.05) is 34.1 Å². The molecular formula is C85H55BF2N2. The fraction of sp³-hybridized carbons (Fsp3) is 0.0118. The van der Waals surface area contributed by atoms with Crippen molar-refractivity contribution >= 4 is 57.2 Å². The zero-order valence-electron chi connectivity index (χ0n) is 49.0. The normalized spacial score (nSPS) is 13.0. The number of hydrogen-bond donors (Lipinski definition) is 0. The minimum atomic E-state index is -0.808. The third-order valence-electron chi connectivity index (χ3n) is 18.8. The molecule has 14 aromatic rings. The van der Waals surface area contributed by atoms with E-state index in [0.29, 0.717) is 0 Å². The molecule has 0 unspecified atom stereocenters. The van der Waals surface area contributed by atoms with Gasteiger partial charge in [0.25, 0.3) is 6.71 Å². The minimum absolute atomic E-state index is 0.299. The van der Waals surface area contributed by atoms with Gasteiger partial charge in [-0.1, -0.05) is 249 Å². The van der Waals surface area contributed by atoms with Gasteiger partial charge in [-0.3, -0.25) is 0 Å². The van der Waals surface area contributed by atoms with Crippen LogP contribution in [0.1, 0.15) is 22.3 Å². The molecule has 0 saturated carbocycles. The Morgan fingerprint density at radius 3 is 0.978 bits per heavy atom. The molecule has 1 aliphatic carbocycles. The summed E-state index contributed by atoms with van der Waals surface area (Å²) in [5.74, 6) is -0.599. The van der Waals surface area contributed by atoms with Gasteiger partial charge in [-0.15, -0.1) is 0 Å². The van der Waals surface area contributed by atoms with E-state index < -0.39 is 12.1 Å². The number of rotatable bonds is 10. The Bertz CT molecular complexity index is 4700. The lowest BCUT2D eigenvalue weighted by Crippen LogP contribution is -2.61. The summed E-state index contributed by atoms with van der Waals surface area (Å²) in [6.45, 7) is -0.392. The number of benzene rings is 14. The molecular weight excluding hydrogens is 1100 g/mol. The van der Waals surface area contributed by atoms with Gasteiger partial charge in [-0.05, 0) is 201 Å². The summed E-state index contributed by atoms with van der Waals surface area (Å²) in [5.41, 5.74) is 27.6. The fourth-order valence-corrected chi connectivity index (χ4v) is 14.9. The van der Waals surface area contributed by atoms with E-state index in [-0.39, 0.29) is 11.6 Å². The molecule has 3 aliphatic rings. The van der Waals surface area contributed by atoms with Crippen molar-refractivity contribution in [3.05, 3.63) is 368 Å². The van der Waals surface area contributed by atoms with Gasteiger partial charge < -0.3 is 9.80 Å². The molecule has 0 radical (unpaired) electrons. The number of nitrogens with zero attached hydrogens (tertiary/aromatic N) is 2. The third kappa shape index (κ3) is 8.68. The van der Waals surface area contributed by atoms with Gasteiger partial charge in [-0.25, -0.2) is 8.78 Å². The summed E-state index contributed by atoms with van der Waals surface area (Å²) in [7, 11) is 0. The van der Waals surface area contributed by atoms with E-state index in [1.54, 1.807) is 24.3 Å². The summed E-state index contributed by atoms with van der Waals surface area (Å²) in [5, 5.41) is 0. The van der Waals surface area contributed by atoms with Crippen molar-refractivity contribution in [1.29, 1.82) is 0 Å². The molecule has 0 amide bonds. The van der Waals surface area contributed by atoms with Crippen LogP contribution < -0.4 is 26.2 Å². The van der Waals surface area contributed by atoms with Crippen LogP contribution in [0.4, 0.5) is 42.9 Å². The molecule has 2 heterocycles. The van der Waals surface area contributed by atoms with Gasteiger partial charge in [-0.2, -0.15) is 0 Å². The minimum Gasteiger partial charge on any atom is -0.311 e. The van der Waals surface area contributed by atoms with Gasteiger partial charge in [0.15, 0.2) is 0 Å². The molecule has 0 N–H and O–H groups in total. The maximum atomic E-state index is 15.6. The highest BCUT2D eigenvalue weighted by Crippen LogP contribution is 2.58. The van der Waals surface area contributed by atoms with Crippen LogP contribution in [0.3, 0.4) is 0 Å². The molecule has 14 aromatic carbocycles. The van der Waals surface area contributed by atoms with E-state index in [1.165, 1.54) is 34.4 Å². The van der Waals surface area contributed by atoms with Gasteiger partial charge in [0.2, 0.25) is 0 Å². The van der Waals surface area contributed by atoms with Crippen LogP contribution in [0.2, 0.25) is 0 Å². The van der Waals surface area contributed by atoms with E-state index in [1.807, 2.05) is 12.1 Å². The molecule has 5 heteroatoms. The van der Waals surface area contributed by atoms with Gasteiger partial charge in [0.1, 0.15) is 11.6 Å². The molecule has 2 aliphatic heterocycles. The highest BCUT2D eigenvalue weighted by atomic mass is 19.1. The average molecular weight is 1150 g/mol. The first-order valence-corrected chi connectivity index (χ1v) is 30.8. The summed E-state index contributed by atoms with van der Waals surface area (Å²) >= 11 is 0. The summed E-state index contributed by atoms with van der Waals surface area (Å²) < 4.78 is 31.2. The molecule has 0 fully saturated rings. The Hall–Kier alpha value is -11.4. The van der Waals surface area contributed by atoms with Gasteiger partial charge >= 0.3 is 0 Å². The Labute approximate surface area is 523 Å². The Kier molecular flexibility index (Phi) is 12.6. The predicted molar refractivity (Wildman–Crippen MR) is 370 cm³/mol. The molecule has 0 spiro atoms. The molecule has 0 atom stereocenters. The Morgan fingerprint density at radius 2 is 0.589 bits per heavy atom. The molecule has 17 rings (SSSR count). The van der Waals surface area contributed by atoms with Crippen LogP contribution in [0.25, 0.3) is 77.9 Å². The van der Waals surface area contributed by atoms with Crippen LogP contribution in [0, 0.1) is 11.6 Å². The SMILES string of the molecule is Fc1cccc(-c2ccc3c(c2)B2c4cc(-c5cccc(F)c5)ccc4N(c4cc(-c5ccccc5)cc(-c5ccccc5)c4)c4cc(C5(c6ccccc6)c6ccccc6-c6ccccc65)cc(c42)N3c2cc(-c3ccccc3)cc(-c3ccccc3)c2)c1. The Balaban J connectivity index is 1.06. The lowest BCUT2D eigenvalue weighted by molar-refractivity contribution is 0.628. The first kappa shape index (κ1) is 52.9. The van der Waals surface area contributed by atoms with Crippen LogP contribution in [-0.4, -0.2) is 6.71 Å². The third-order valence-corrected chi connectivity index (χ3v) is 18.8. The summed E-state index contributed by atoms with van der Waals surface area (Å²) in [6, 6.07) is 118. The largest absolute Gasteiger partial charge is 0.311 e. The fourth-order valence-electron chi connectivity index (χ4n) is 14.9. The first-order valence-electron chi connectivity index (χ1n) is 30.8. The number of halogens is 2. The van der Waals surface area contributed by atoms with Crippen molar-refractivity contribution in [3.63, 3.8) is 0 Å². The van der Waals surface area contributed by atoms with Crippen LogP contribution >= 0.6 is 0 Å². The molecule has 422 valence electrons. The lowest BCUT2D eigenvalue weighted by Gasteiger charge is -2.46. The lowest BCUT2D eigenvalue weighted by atomic mass is 9.33. The van der Waals surface area contributed by atoms with Gasteiger partial charge in [0.05, 0.1) is 5.41 Å².